The van der Waals surface area contributed by atoms with Crippen LogP contribution in [0.3, 0.4) is 0 Å². The molecule has 0 bridgehead atoms. The third kappa shape index (κ3) is 8.21. The maximum absolute atomic E-state index is 11.7. The summed E-state index contributed by atoms with van der Waals surface area (Å²) in [7, 11) is 0. The van der Waals surface area contributed by atoms with Gasteiger partial charge in [0.15, 0.2) is 5.78 Å². The molecule has 0 unspecified atom stereocenters. The molecule has 5 rings (SSSR count). The van der Waals surface area contributed by atoms with E-state index in [9.17, 15) is 9.90 Å². The second-order valence-electron chi connectivity index (χ2n) is 13.6. The number of nitrogens with zero attached hydrogens (tertiary/aromatic N) is 3. The fourth-order valence-electron chi connectivity index (χ4n) is 6.42. The van der Waals surface area contributed by atoms with Gasteiger partial charge < -0.3 is 14.2 Å². The Morgan fingerprint density at radius 3 is 2.12 bits per heavy atom. The number of fused-ring (bicyclic) bond motifs is 2. The van der Waals surface area contributed by atoms with Gasteiger partial charge in [0.25, 0.3) is 0 Å². The SMILES string of the molecule is CCC(CC)C(=O)/C=C(\O)C(CC)CC.[2H]C([2H])([2H])c1nc2[c-]c(-c3[c-]cc4ccccc4c3C(C)C)n(-c3ccccc3)c2n1C(C)(C)C.[Ir]. The number of para-hydroxylation sites is 1. The Morgan fingerprint density at radius 2 is 1.56 bits per heavy atom. The third-order valence-corrected chi connectivity index (χ3v) is 9.00. The van der Waals surface area contributed by atoms with Crippen LogP contribution in [-0.2, 0) is 30.4 Å². The van der Waals surface area contributed by atoms with E-state index in [1.807, 2.05) is 95.5 Å². The Labute approximate surface area is 306 Å². The summed E-state index contributed by atoms with van der Waals surface area (Å²) >= 11 is 0. The first kappa shape index (κ1) is 34.4. The van der Waals surface area contributed by atoms with E-state index in [2.05, 4.69) is 53.7 Å². The first-order valence-corrected chi connectivity index (χ1v) is 17.1. The Hall–Kier alpha value is -3.47. The number of imidazole rings is 1. The van der Waals surface area contributed by atoms with E-state index >= 15 is 0 Å². The van der Waals surface area contributed by atoms with Crippen molar-refractivity contribution in [1.29, 1.82) is 0 Å². The van der Waals surface area contributed by atoms with Crippen molar-refractivity contribution >= 4 is 27.7 Å². The monoisotopic (exact) mass is 827 g/mol. The molecule has 1 radical (unpaired) electrons. The molecule has 2 aromatic heterocycles. The van der Waals surface area contributed by atoms with Crippen molar-refractivity contribution in [3.8, 4) is 16.9 Å². The number of aromatic nitrogens is 3. The molecule has 0 aliphatic heterocycles. The van der Waals surface area contributed by atoms with Gasteiger partial charge in [0.2, 0.25) is 0 Å². The second-order valence-corrected chi connectivity index (χ2v) is 13.6. The van der Waals surface area contributed by atoms with Gasteiger partial charge in [0.05, 0.1) is 11.6 Å². The topological polar surface area (TPSA) is 60.0 Å². The summed E-state index contributed by atoms with van der Waals surface area (Å²) in [6, 6.07) is 27.4. The molecule has 0 aliphatic rings. The van der Waals surface area contributed by atoms with E-state index in [0.29, 0.717) is 5.52 Å². The minimum Gasteiger partial charge on any atom is -0.512 e. The largest absolute Gasteiger partial charge is 0.512 e. The van der Waals surface area contributed by atoms with Gasteiger partial charge in [-0.3, -0.25) is 9.78 Å². The zero-order valence-corrected chi connectivity index (χ0v) is 32.3. The molecule has 0 amide bonds. The average molecular weight is 827 g/mol. The maximum atomic E-state index is 11.7. The standard InChI is InChI=1S/C29H29N3.C13H24O2.Ir/c1-19(2)27-23-15-11-10-12-21(23)16-17-24(27)26-18-25-28(31(26)22-13-8-7-9-14-22)32(20(3)30-25)29(4,5)6;1-5-10(6-2)12(14)9-13(15)11(7-3)8-4;/h7-16,19H,1-6H3;9-11,14H,5-8H2,1-4H3;/q-2;;/b;12-9-;/i3D3;;. The van der Waals surface area contributed by atoms with E-state index in [0.717, 1.165) is 53.7 Å². The minimum atomic E-state index is -2.35. The number of hydrogen-bond donors (Lipinski definition) is 1. The van der Waals surface area contributed by atoms with Gasteiger partial charge in [0, 0.05) is 59.0 Å². The number of allylic oxidation sites excluding steroid dienone is 2. The first-order valence-electron chi connectivity index (χ1n) is 18.6. The molecule has 0 saturated carbocycles. The Balaban J connectivity index is 0.000000374. The van der Waals surface area contributed by atoms with Crippen LogP contribution in [-0.4, -0.2) is 25.0 Å². The molecule has 2 heterocycles. The number of rotatable bonds is 10. The molecule has 1 N–H and O–H groups in total. The molecule has 0 atom stereocenters. The molecular weight excluding hydrogens is 771 g/mol. The number of benzene rings is 3. The predicted octanol–water partition coefficient (Wildman–Crippen LogP) is 11.3. The average Bonchev–Trinajstić information content (AvgIpc) is 3.63. The number of aliphatic hydroxyl groups excluding tert-OH is 1. The number of aliphatic hydroxyl groups is 1. The van der Waals surface area contributed by atoms with Crippen molar-refractivity contribution in [2.24, 2.45) is 11.8 Å². The van der Waals surface area contributed by atoms with Crippen LogP contribution in [0.5, 0.6) is 0 Å². The molecular formula is C42H53IrN3O2-2. The van der Waals surface area contributed by atoms with E-state index < -0.39 is 12.4 Å². The van der Waals surface area contributed by atoms with Crippen LogP contribution >= 0.6 is 0 Å². The second kappa shape index (κ2) is 16.8. The van der Waals surface area contributed by atoms with Crippen molar-refractivity contribution in [2.75, 3.05) is 0 Å². The van der Waals surface area contributed by atoms with Gasteiger partial charge >= 0.3 is 0 Å². The zero-order valence-electron chi connectivity index (χ0n) is 32.9. The van der Waals surface area contributed by atoms with Crippen molar-refractivity contribution in [1.82, 2.24) is 14.1 Å². The summed E-state index contributed by atoms with van der Waals surface area (Å²) < 4.78 is 28.4. The zero-order chi connectivity index (χ0) is 37.0. The molecule has 48 heavy (non-hydrogen) atoms. The summed E-state index contributed by atoms with van der Waals surface area (Å²) in [5.41, 5.74) is 4.65. The molecule has 3 aromatic carbocycles. The summed E-state index contributed by atoms with van der Waals surface area (Å²) in [6.07, 6.45) is 4.91. The van der Waals surface area contributed by atoms with Crippen LogP contribution < -0.4 is 0 Å². The van der Waals surface area contributed by atoms with Crippen LogP contribution in [0.25, 0.3) is 38.9 Å². The molecule has 0 spiro atoms. The van der Waals surface area contributed by atoms with E-state index in [-0.39, 0.29) is 55.2 Å². The Kier molecular flexibility index (Phi) is 12.0. The number of aryl methyl sites for hydroxylation is 1. The van der Waals surface area contributed by atoms with Crippen molar-refractivity contribution < 1.29 is 34.1 Å². The van der Waals surface area contributed by atoms with Crippen molar-refractivity contribution in [3.05, 3.63) is 96.0 Å². The van der Waals surface area contributed by atoms with Gasteiger partial charge in [0.1, 0.15) is 0 Å². The summed E-state index contributed by atoms with van der Waals surface area (Å²) in [5, 5.41) is 12.1. The smallest absolute Gasteiger partial charge is 0.162 e. The van der Waals surface area contributed by atoms with Crippen molar-refractivity contribution in [2.45, 2.75) is 106 Å². The Morgan fingerprint density at radius 1 is 0.958 bits per heavy atom. The number of carbonyl (C=O) groups is 1. The quantitative estimate of drug-likeness (QED) is 0.0867. The van der Waals surface area contributed by atoms with Crippen molar-refractivity contribution in [3.63, 3.8) is 0 Å². The third-order valence-electron chi connectivity index (χ3n) is 9.00. The van der Waals surface area contributed by atoms with Gasteiger partial charge in [-0.1, -0.05) is 89.9 Å². The first-order chi connectivity index (χ1) is 23.6. The number of hydrogen-bond acceptors (Lipinski definition) is 3. The van der Waals surface area contributed by atoms with E-state index in [1.54, 1.807) is 0 Å². The van der Waals surface area contributed by atoms with Crippen LogP contribution in [0.15, 0.2) is 72.5 Å². The molecule has 259 valence electrons. The molecule has 0 saturated heterocycles. The number of carbonyl (C=O) groups excluding carboxylic acids is 1. The maximum Gasteiger partial charge on any atom is 0.162 e. The fourth-order valence-corrected chi connectivity index (χ4v) is 6.42. The fraction of sp³-hybridized carbons (Fsp3) is 0.429. The van der Waals surface area contributed by atoms with Crippen LogP contribution in [0.1, 0.15) is 109 Å². The van der Waals surface area contributed by atoms with Crippen LogP contribution in [0.4, 0.5) is 0 Å². The Bertz CT molecular complexity index is 1940. The van der Waals surface area contributed by atoms with Gasteiger partial charge in [-0.05, 0) is 71.0 Å². The van der Waals surface area contributed by atoms with E-state index in [4.69, 9.17) is 4.11 Å². The normalized spacial score (nSPS) is 13.3. The minimum absolute atomic E-state index is 0. The van der Waals surface area contributed by atoms with E-state index in [1.165, 1.54) is 17.0 Å². The van der Waals surface area contributed by atoms with Gasteiger partial charge in [-0.2, -0.15) is 23.4 Å². The predicted molar refractivity (Wildman–Crippen MR) is 197 cm³/mol. The molecule has 0 aliphatic carbocycles. The molecule has 5 nitrogen and oxygen atoms in total. The molecule has 0 fully saturated rings. The molecule has 5 aromatic rings. The summed E-state index contributed by atoms with van der Waals surface area (Å²) in [5.74, 6) is 0.870. The number of ketones is 1. The van der Waals surface area contributed by atoms with Gasteiger partial charge in [-0.25, -0.2) is 11.6 Å². The van der Waals surface area contributed by atoms with Gasteiger partial charge in [-0.15, -0.1) is 10.8 Å². The van der Waals surface area contributed by atoms with Crippen LogP contribution in [0, 0.1) is 30.8 Å². The summed E-state index contributed by atoms with van der Waals surface area (Å²) in [6.45, 7) is 16.1. The summed E-state index contributed by atoms with van der Waals surface area (Å²) in [4.78, 5) is 16.3. The molecule has 6 heteroatoms. The van der Waals surface area contributed by atoms with Crippen LogP contribution in [0.2, 0.25) is 0 Å².